The summed E-state index contributed by atoms with van der Waals surface area (Å²) in [6, 6.07) is 0. The van der Waals surface area contributed by atoms with Crippen molar-refractivity contribution in [2.45, 2.75) is 59.8 Å². The van der Waals surface area contributed by atoms with Crippen LogP contribution >= 0.6 is 0 Å². The maximum absolute atomic E-state index is 10.6. The number of carbonyl (C=O) groups is 1. The third-order valence-electron chi connectivity index (χ3n) is 3.77. The Balaban J connectivity index is 2.68. The zero-order chi connectivity index (χ0) is 11.5. The second-order valence-electron chi connectivity index (χ2n) is 5.65. The van der Waals surface area contributed by atoms with Crippen LogP contribution in [0.5, 0.6) is 0 Å². The molecule has 0 spiro atoms. The van der Waals surface area contributed by atoms with E-state index in [1.165, 1.54) is 19.3 Å². The molecule has 0 saturated carbocycles. The van der Waals surface area contributed by atoms with Crippen molar-refractivity contribution in [1.29, 1.82) is 0 Å². The SMILES string of the molecule is CC1=C(CC[C@H](C)C=O)C(C)(C)CCC1. The first-order valence-electron chi connectivity index (χ1n) is 6.12. The number of hydrogen-bond donors (Lipinski definition) is 0. The minimum atomic E-state index is 0.211. The molecule has 0 aliphatic heterocycles. The Bertz CT molecular complexity index is 261. The van der Waals surface area contributed by atoms with Gasteiger partial charge in [0.15, 0.2) is 0 Å². The molecule has 1 aliphatic carbocycles. The Morgan fingerprint density at radius 2 is 2.13 bits per heavy atom. The smallest absolute Gasteiger partial charge is 0.122 e. The normalized spacial score (nSPS) is 22.7. The molecule has 0 unspecified atom stereocenters. The lowest BCUT2D eigenvalue weighted by molar-refractivity contribution is -0.110. The number of carbonyl (C=O) groups excluding carboxylic acids is 1. The summed E-state index contributed by atoms with van der Waals surface area (Å²) in [5, 5.41) is 0. The van der Waals surface area contributed by atoms with Gasteiger partial charge < -0.3 is 4.79 Å². The molecule has 0 aromatic carbocycles. The van der Waals surface area contributed by atoms with Crippen molar-refractivity contribution >= 4 is 6.29 Å². The summed E-state index contributed by atoms with van der Waals surface area (Å²) in [7, 11) is 0. The van der Waals surface area contributed by atoms with Crippen LogP contribution in [0.15, 0.2) is 11.1 Å². The van der Waals surface area contributed by atoms with Gasteiger partial charge in [-0.15, -0.1) is 0 Å². The van der Waals surface area contributed by atoms with Crippen LogP contribution in [0, 0.1) is 11.3 Å². The second-order valence-corrected chi connectivity index (χ2v) is 5.65. The van der Waals surface area contributed by atoms with Gasteiger partial charge in [-0.25, -0.2) is 0 Å². The largest absolute Gasteiger partial charge is 0.303 e. The monoisotopic (exact) mass is 208 g/mol. The standard InChI is InChI=1S/C14H24O/c1-11(10-15)7-8-13-12(2)6-5-9-14(13,3)4/h10-11H,5-9H2,1-4H3/t11-/m0/s1. The first-order valence-corrected chi connectivity index (χ1v) is 6.12. The Labute approximate surface area is 93.9 Å². The summed E-state index contributed by atoms with van der Waals surface area (Å²) in [6.07, 6.45) is 7.08. The van der Waals surface area contributed by atoms with Gasteiger partial charge in [0.1, 0.15) is 6.29 Å². The van der Waals surface area contributed by atoms with Crippen LogP contribution < -0.4 is 0 Å². The molecule has 15 heavy (non-hydrogen) atoms. The van der Waals surface area contributed by atoms with Crippen LogP contribution in [0.4, 0.5) is 0 Å². The highest BCUT2D eigenvalue weighted by molar-refractivity contribution is 5.52. The summed E-state index contributed by atoms with van der Waals surface area (Å²) in [5.74, 6) is 0.211. The first-order chi connectivity index (χ1) is 6.97. The van der Waals surface area contributed by atoms with Crippen LogP contribution in [-0.4, -0.2) is 6.29 Å². The highest BCUT2D eigenvalue weighted by atomic mass is 16.1. The van der Waals surface area contributed by atoms with Gasteiger partial charge in [0.05, 0.1) is 0 Å². The summed E-state index contributed by atoms with van der Waals surface area (Å²) in [4.78, 5) is 10.6. The van der Waals surface area contributed by atoms with E-state index in [4.69, 9.17) is 0 Å². The number of rotatable bonds is 4. The van der Waals surface area contributed by atoms with E-state index in [0.717, 1.165) is 19.1 Å². The van der Waals surface area contributed by atoms with E-state index in [1.807, 2.05) is 6.92 Å². The molecule has 0 aromatic rings. The van der Waals surface area contributed by atoms with Crippen LogP contribution in [0.3, 0.4) is 0 Å². The molecule has 1 nitrogen and oxygen atoms in total. The highest BCUT2D eigenvalue weighted by Crippen LogP contribution is 2.42. The lowest BCUT2D eigenvalue weighted by Gasteiger charge is -2.35. The molecule has 0 bridgehead atoms. The van der Waals surface area contributed by atoms with Gasteiger partial charge in [-0.1, -0.05) is 31.9 Å². The number of aldehydes is 1. The Morgan fingerprint density at radius 1 is 1.47 bits per heavy atom. The van der Waals surface area contributed by atoms with Gasteiger partial charge in [-0.05, 0) is 44.4 Å². The molecular formula is C14H24O. The van der Waals surface area contributed by atoms with Crippen LogP contribution in [0.2, 0.25) is 0 Å². The predicted octanol–water partition coefficient (Wildman–Crippen LogP) is 4.13. The minimum absolute atomic E-state index is 0.211. The lowest BCUT2D eigenvalue weighted by atomic mass is 9.71. The highest BCUT2D eigenvalue weighted by Gasteiger charge is 2.27. The molecule has 1 rings (SSSR count). The number of hydrogen-bond acceptors (Lipinski definition) is 1. The van der Waals surface area contributed by atoms with E-state index in [2.05, 4.69) is 20.8 Å². The topological polar surface area (TPSA) is 17.1 Å². The predicted molar refractivity (Wildman–Crippen MR) is 64.8 cm³/mol. The zero-order valence-corrected chi connectivity index (χ0v) is 10.6. The minimum Gasteiger partial charge on any atom is -0.303 e. The van der Waals surface area contributed by atoms with E-state index in [-0.39, 0.29) is 5.92 Å². The maximum Gasteiger partial charge on any atom is 0.122 e. The Kier molecular flexibility index (Phi) is 4.12. The third kappa shape index (κ3) is 3.19. The Hall–Kier alpha value is -0.590. The van der Waals surface area contributed by atoms with Gasteiger partial charge in [0.25, 0.3) is 0 Å². The summed E-state index contributed by atoms with van der Waals surface area (Å²) >= 11 is 0. The molecule has 0 saturated heterocycles. The zero-order valence-electron chi connectivity index (χ0n) is 10.6. The van der Waals surface area contributed by atoms with E-state index < -0.39 is 0 Å². The van der Waals surface area contributed by atoms with Crippen molar-refractivity contribution < 1.29 is 4.79 Å². The van der Waals surface area contributed by atoms with Crippen LogP contribution in [0.25, 0.3) is 0 Å². The van der Waals surface area contributed by atoms with Gasteiger partial charge in [-0.2, -0.15) is 0 Å². The molecule has 0 N–H and O–H groups in total. The van der Waals surface area contributed by atoms with Crippen molar-refractivity contribution in [2.75, 3.05) is 0 Å². The van der Waals surface area contributed by atoms with Crippen molar-refractivity contribution in [1.82, 2.24) is 0 Å². The van der Waals surface area contributed by atoms with E-state index >= 15 is 0 Å². The van der Waals surface area contributed by atoms with E-state index in [1.54, 1.807) is 11.1 Å². The molecule has 0 amide bonds. The molecule has 0 heterocycles. The fourth-order valence-corrected chi connectivity index (χ4v) is 2.67. The van der Waals surface area contributed by atoms with Gasteiger partial charge in [0, 0.05) is 5.92 Å². The van der Waals surface area contributed by atoms with Gasteiger partial charge in [0.2, 0.25) is 0 Å². The van der Waals surface area contributed by atoms with Crippen molar-refractivity contribution in [3.05, 3.63) is 11.1 Å². The van der Waals surface area contributed by atoms with Gasteiger partial charge in [-0.3, -0.25) is 0 Å². The van der Waals surface area contributed by atoms with Gasteiger partial charge >= 0.3 is 0 Å². The number of allylic oxidation sites excluding steroid dienone is 2. The van der Waals surface area contributed by atoms with Crippen molar-refractivity contribution in [3.8, 4) is 0 Å². The molecule has 1 heteroatoms. The molecular weight excluding hydrogens is 184 g/mol. The molecule has 0 aromatic heterocycles. The van der Waals surface area contributed by atoms with E-state index in [9.17, 15) is 4.79 Å². The van der Waals surface area contributed by atoms with Crippen LogP contribution in [0.1, 0.15) is 59.8 Å². The average Bonchev–Trinajstić information content (AvgIpc) is 2.15. The molecule has 86 valence electrons. The first kappa shape index (κ1) is 12.5. The van der Waals surface area contributed by atoms with Crippen LogP contribution in [-0.2, 0) is 4.79 Å². The third-order valence-corrected chi connectivity index (χ3v) is 3.77. The molecule has 1 atom stereocenters. The molecule has 0 radical (unpaired) electrons. The summed E-state index contributed by atoms with van der Waals surface area (Å²) < 4.78 is 0. The molecule has 1 aliphatic rings. The van der Waals surface area contributed by atoms with E-state index in [0.29, 0.717) is 5.41 Å². The second kappa shape index (κ2) is 4.96. The Morgan fingerprint density at radius 3 is 2.67 bits per heavy atom. The fourth-order valence-electron chi connectivity index (χ4n) is 2.67. The quantitative estimate of drug-likeness (QED) is 0.501. The summed E-state index contributed by atoms with van der Waals surface area (Å²) in [5.41, 5.74) is 3.55. The summed E-state index contributed by atoms with van der Waals surface area (Å²) in [6.45, 7) is 8.97. The average molecular weight is 208 g/mol. The molecule has 0 fully saturated rings. The van der Waals surface area contributed by atoms with Crippen molar-refractivity contribution in [3.63, 3.8) is 0 Å². The lowest BCUT2D eigenvalue weighted by Crippen LogP contribution is -2.21. The fraction of sp³-hybridized carbons (Fsp3) is 0.786. The van der Waals surface area contributed by atoms with Crippen molar-refractivity contribution in [2.24, 2.45) is 11.3 Å². The maximum atomic E-state index is 10.6.